The lowest BCUT2D eigenvalue weighted by Crippen LogP contribution is -1.99. The maximum atomic E-state index is 10.3. The number of unbranched alkanes of at least 4 members (excludes halogenated alkanes) is 2. The van der Waals surface area contributed by atoms with Gasteiger partial charge in [0.05, 0.1) is 6.61 Å². The lowest BCUT2D eigenvalue weighted by Gasteiger charge is -2.06. The predicted molar refractivity (Wildman–Crippen MR) is 68.8 cm³/mol. The van der Waals surface area contributed by atoms with E-state index >= 15 is 0 Å². The van der Waals surface area contributed by atoms with Crippen LogP contribution in [0.15, 0.2) is 24.3 Å². The summed E-state index contributed by atoms with van der Waals surface area (Å²) >= 11 is 0. The molecule has 0 saturated carbocycles. The van der Waals surface area contributed by atoms with E-state index in [0.717, 1.165) is 24.2 Å². The van der Waals surface area contributed by atoms with Crippen molar-refractivity contribution in [3.8, 4) is 5.75 Å². The Kier molecular flexibility index (Phi) is 6.87. The van der Waals surface area contributed by atoms with Crippen molar-refractivity contribution in [2.75, 3.05) is 13.2 Å². The third-order valence-corrected chi connectivity index (χ3v) is 2.63. The van der Waals surface area contributed by atoms with Crippen LogP contribution in [0.25, 0.3) is 0 Å². The number of aliphatic carboxylic acids is 1. The molecule has 2 N–H and O–H groups in total. The molecule has 0 unspecified atom stereocenters. The Bertz CT molecular complexity index is 345. The fraction of sp³-hybridized carbons (Fsp3) is 0.500. The van der Waals surface area contributed by atoms with Crippen molar-refractivity contribution in [1.29, 1.82) is 0 Å². The van der Waals surface area contributed by atoms with Crippen LogP contribution in [-0.4, -0.2) is 29.4 Å². The van der Waals surface area contributed by atoms with Gasteiger partial charge in [-0.15, -0.1) is 0 Å². The number of rotatable bonds is 9. The van der Waals surface area contributed by atoms with E-state index in [2.05, 4.69) is 0 Å². The average molecular weight is 252 g/mol. The van der Waals surface area contributed by atoms with Gasteiger partial charge in [-0.05, 0) is 43.4 Å². The van der Waals surface area contributed by atoms with Gasteiger partial charge < -0.3 is 14.9 Å². The molecule has 100 valence electrons. The molecule has 0 aliphatic rings. The number of benzene rings is 1. The Hall–Kier alpha value is -1.55. The van der Waals surface area contributed by atoms with Crippen molar-refractivity contribution in [2.24, 2.45) is 0 Å². The number of ether oxygens (including phenoxy) is 1. The molecule has 0 atom stereocenters. The monoisotopic (exact) mass is 252 g/mol. The summed E-state index contributed by atoms with van der Waals surface area (Å²) < 4.78 is 5.54. The Morgan fingerprint density at radius 3 is 2.44 bits per heavy atom. The van der Waals surface area contributed by atoms with Crippen molar-refractivity contribution in [2.45, 2.75) is 32.1 Å². The van der Waals surface area contributed by atoms with Gasteiger partial charge in [0.15, 0.2) is 0 Å². The van der Waals surface area contributed by atoms with Gasteiger partial charge in [0.2, 0.25) is 0 Å². The van der Waals surface area contributed by atoms with Crippen LogP contribution in [0.1, 0.15) is 31.2 Å². The Labute approximate surface area is 107 Å². The normalized spacial score (nSPS) is 10.3. The summed E-state index contributed by atoms with van der Waals surface area (Å²) in [6, 6.07) is 7.66. The Balaban J connectivity index is 2.13. The fourth-order valence-corrected chi connectivity index (χ4v) is 1.63. The molecule has 4 nitrogen and oxygen atoms in total. The van der Waals surface area contributed by atoms with Crippen molar-refractivity contribution < 1.29 is 19.7 Å². The Morgan fingerprint density at radius 1 is 1.11 bits per heavy atom. The average Bonchev–Trinajstić information content (AvgIpc) is 2.35. The summed E-state index contributed by atoms with van der Waals surface area (Å²) in [5, 5.41) is 17.2. The Morgan fingerprint density at radius 2 is 1.83 bits per heavy atom. The number of aliphatic hydroxyl groups is 1. The molecular formula is C14H20O4. The summed E-state index contributed by atoms with van der Waals surface area (Å²) in [5.74, 6) is 0.0744. The molecule has 0 amide bonds. The minimum Gasteiger partial charge on any atom is -0.494 e. The first-order valence-corrected chi connectivity index (χ1v) is 6.27. The standard InChI is InChI=1S/C14H20O4/c15-10-9-12-5-7-13(8-6-12)18-11-3-1-2-4-14(16)17/h5-8,15H,1-4,9-11H2,(H,16,17). The number of carboxylic acid groups (broad SMARTS) is 1. The largest absolute Gasteiger partial charge is 0.494 e. The van der Waals surface area contributed by atoms with Gasteiger partial charge in [-0.2, -0.15) is 0 Å². The molecule has 1 aromatic carbocycles. The molecule has 0 aliphatic heterocycles. The number of carboxylic acids is 1. The second-order valence-corrected chi connectivity index (χ2v) is 4.17. The lowest BCUT2D eigenvalue weighted by atomic mass is 10.1. The first-order chi connectivity index (χ1) is 8.72. The van der Waals surface area contributed by atoms with Crippen LogP contribution in [0.4, 0.5) is 0 Å². The van der Waals surface area contributed by atoms with Crippen LogP contribution in [0, 0.1) is 0 Å². The minimum absolute atomic E-state index is 0.157. The number of aliphatic hydroxyl groups excluding tert-OH is 1. The highest BCUT2D eigenvalue weighted by molar-refractivity contribution is 5.66. The second-order valence-electron chi connectivity index (χ2n) is 4.17. The minimum atomic E-state index is -0.740. The zero-order valence-corrected chi connectivity index (χ0v) is 10.5. The molecule has 0 heterocycles. The van der Waals surface area contributed by atoms with Gasteiger partial charge in [0.25, 0.3) is 0 Å². The van der Waals surface area contributed by atoms with E-state index in [1.165, 1.54) is 0 Å². The maximum absolute atomic E-state index is 10.3. The molecule has 0 fully saturated rings. The fourth-order valence-electron chi connectivity index (χ4n) is 1.63. The smallest absolute Gasteiger partial charge is 0.303 e. The molecule has 0 aromatic heterocycles. The molecule has 18 heavy (non-hydrogen) atoms. The van der Waals surface area contributed by atoms with Crippen LogP contribution >= 0.6 is 0 Å². The quantitative estimate of drug-likeness (QED) is 0.661. The molecule has 0 spiro atoms. The van der Waals surface area contributed by atoms with E-state index in [1.54, 1.807) is 0 Å². The van der Waals surface area contributed by atoms with Gasteiger partial charge in [0, 0.05) is 13.0 Å². The third-order valence-electron chi connectivity index (χ3n) is 2.63. The van der Waals surface area contributed by atoms with Crippen molar-refractivity contribution in [1.82, 2.24) is 0 Å². The highest BCUT2D eigenvalue weighted by Crippen LogP contribution is 2.13. The van der Waals surface area contributed by atoms with E-state index in [4.69, 9.17) is 14.9 Å². The molecule has 0 saturated heterocycles. The maximum Gasteiger partial charge on any atom is 0.303 e. The van der Waals surface area contributed by atoms with E-state index in [1.807, 2.05) is 24.3 Å². The van der Waals surface area contributed by atoms with Gasteiger partial charge in [-0.3, -0.25) is 4.79 Å². The van der Waals surface area contributed by atoms with Crippen molar-refractivity contribution >= 4 is 5.97 Å². The topological polar surface area (TPSA) is 66.8 Å². The van der Waals surface area contributed by atoms with Crippen LogP contribution < -0.4 is 4.74 Å². The van der Waals surface area contributed by atoms with Crippen molar-refractivity contribution in [3.05, 3.63) is 29.8 Å². The van der Waals surface area contributed by atoms with Gasteiger partial charge in [-0.1, -0.05) is 12.1 Å². The third kappa shape index (κ3) is 6.25. The predicted octanol–water partition coefficient (Wildman–Crippen LogP) is 2.25. The molecular weight excluding hydrogens is 232 g/mol. The highest BCUT2D eigenvalue weighted by Gasteiger charge is 1.98. The molecule has 0 bridgehead atoms. The van der Waals surface area contributed by atoms with Crippen LogP contribution in [0.2, 0.25) is 0 Å². The van der Waals surface area contributed by atoms with Gasteiger partial charge in [0.1, 0.15) is 5.75 Å². The summed E-state index contributed by atoms with van der Waals surface area (Å²) in [6.07, 6.45) is 3.33. The van der Waals surface area contributed by atoms with E-state index in [9.17, 15) is 4.79 Å². The van der Waals surface area contributed by atoms with E-state index in [0.29, 0.717) is 19.4 Å². The van der Waals surface area contributed by atoms with Crippen molar-refractivity contribution in [3.63, 3.8) is 0 Å². The first-order valence-electron chi connectivity index (χ1n) is 6.27. The second kappa shape index (κ2) is 8.53. The summed E-state index contributed by atoms with van der Waals surface area (Å²) in [4.78, 5) is 10.3. The van der Waals surface area contributed by atoms with Crippen LogP contribution in [-0.2, 0) is 11.2 Å². The zero-order valence-electron chi connectivity index (χ0n) is 10.5. The van der Waals surface area contributed by atoms with Crippen LogP contribution in [0.3, 0.4) is 0 Å². The van der Waals surface area contributed by atoms with Crippen LogP contribution in [0.5, 0.6) is 5.75 Å². The summed E-state index contributed by atoms with van der Waals surface area (Å²) in [5.41, 5.74) is 1.09. The SMILES string of the molecule is O=C(O)CCCCCOc1ccc(CCO)cc1. The number of hydrogen-bond donors (Lipinski definition) is 2. The van der Waals surface area contributed by atoms with E-state index < -0.39 is 5.97 Å². The highest BCUT2D eigenvalue weighted by atomic mass is 16.5. The zero-order chi connectivity index (χ0) is 13.2. The molecule has 0 radical (unpaired) electrons. The molecule has 1 rings (SSSR count). The number of hydrogen-bond acceptors (Lipinski definition) is 3. The number of carbonyl (C=O) groups is 1. The summed E-state index contributed by atoms with van der Waals surface area (Å²) in [7, 11) is 0. The van der Waals surface area contributed by atoms with Gasteiger partial charge >= 0.3 is 5.97 Å². The summed E-state index contributed by atoms with van der Waals surface area (Å²) in [6.45, 7) is 0.767. The lowest BCUT2D eigenvalue weighted by molar-refractivity contribution is -0.137. The molecule has 1 aromatic rings. The van der Waals surface area contributed by atoms with E-state index in [-0.39, 0.29) is 13.0 Å². The molecule has 0 aliphatic carbocycles. The molecule has 4 heteroatoms. The first kappa shape index (κ1) is 14.5. The van der Waals surface area contributed by atoms with Gasteiger partial charge in [-0.25, -0.2) is 0 Å².